The van der Waals surface area contributed by atoms with Crippen LogP contribution in [-0.2, 0) is 0 Å². The summed E-state index contributed by atoms with van der Waals surface area (Å²) < 4.78 is 44.9. The van der Waals surface area contributed by atoms with E-state index in [0.717, 1.165) is 39.0 Å². The molecule has 2 aromatic carbocycles. The summed E-state index contributed by atoms with van der Waals surface area (Å²) >= 11 is 6.19. The van der Waals surface area contributed by atoms with Crippen molar-refractivity contribution < 1.29 is 22.0 Å². The van der Waals surface area contributed by atoms with Gasteiger partial charge in [0.25, 0.3) is 11.8 Å². The minimum absolute atomic E-state index is 0.349. The van der Waals surface area contributed by atoms with E-state index in [-0.39, 0.29) is 11.6 Å². The Hall–Kier alpha value is -4.82. The van der Waals surface area contributed by atoms with E-state index in [1.807, 2.05) is 48.5 Å². The number of benzene rings is 2. The van der Waals surface area contributed by atoms with Gasteiger partial charge in [-0.25, -0.2) is 18.7 Å². The average Bonchev–Trinajstić information content (AvgIpc) is 3.89. The number of aromatic nitrogens is 4. The number of hydrogen-bond acceptors (Lipinski definition) is 11. The lowest BCUT2D eigenvalue weighted by molar-refractivity contribution is 0.587. The van der Waals surface area contributed by atoms with E-state index in [4.69, 9.17) is 13.3 Å². The maximum atomic E-state index is 13.6. The van der Waals surface area contributed by atoms with Gasteiger partial charge in [-0.15, -0.1) is 55.5 Å². The number of oxazole rings is 2. The average molecular weight is 669 g/mol. The molecular weight excluding hydrogens is 655 g/mol. The molecule has 7 aromatic heterocycles. The van der Waals surface area contributed by atoms with Gasteiger partial charge in [0.15, 0.2) is 11.2 Å². The third-order valence-corrected chi connectivity index (χ3v) is 11.6. The predicted octanol–water partition coefficient (Wildman–Crippen LogP) is 10.9. The Labute approximate surface area is 267 Å². The van der Waals surface area contributed by atoms with E-state index in [9.17, 15) is 8.78 Å². The van der Waals surface area contributed by atoms with Crippen LogP contribution in [0.25, 0.3) is 84.8 Å². The number of rotatable bonds is 6. The number of thiophene rings is 4. The van der Waals surface area contributed by atoms with Crippen LogP contribution in [0.1, 0.15) is 0 Å². The highest BCUT2D eigenvalue weighted by Crippen LogP contribution is 2.43. The molecule has 218 valence electrons. The van der Waals surface area contributed by atoms with E-state index in [1.54, 1.807) is 57.5 Å². The molecule has 0 spiro atoms. The Kier molecular flexibility index (Phi) is 6.13. The number of nitrogens with zero attached hydrogens (tertiary/aromatic N) is 4. The number of halogens is 2. The lowest BCUT2D eigenvalue weighted by Crippen LogP contribution is -1.72. The Morgan fingerprint density at radius 1 is 0.400 bits per heavy atom. The van der Waals surface area contributed by atoms with Crippen LogP contribution in [-0.4, -0.2) is 20.2 Å². The zero-order valence-corrected chi connectivity index (χ0v) is 25.8. The normalized spacial score (nSPS) is 11.8. The van der Waals surface area contributed by atoms with E-state index in [0.29, 0.717) is 45.8 Å². The molecule has 7 heterocycles. The second kappa shape index (κ2) is 10.4. The topological polar surface area (TPSA) is 91.0 Å². The number of fused-ring (bicyclic) bond motifs is 2. The second-order valence-electron chi connectivity index (χ2n) is 9.83. The van der Waals surface area contributed by atoms with E-state index in [1.165, 1.54) is 24.3 Å². The molecule has 9 aromatic rings. The fourth-order valence-electron chi connectivity index (χ4n) is 4.78. The predicted molar refractivity (Wildman–Crippen MR) is 173 cm³/mol. The number of hydrogen-bond donors (Lipinski definition) is 0. The van der Waals surface area contributed by atoms with Crippen LogP contribution in [0.3, 0.4) is 0 Å². The highest BCUT2D eigenvalue weighted by molar-refractivity contribution is 7.25. The highest BCUT2D eigenvalue weighted by atomic mass is 32.1. The molecule has 0 unspecified atom stereocenters. The molecule has 7 nitrogen and oxygen atoms in total. The highest BCUT2D eigenvalue weighted by Gasteiger charge is 2.19. The van der Waals surface area contributed by atoms with Gasteiger partial charge in [-0.3, -0.25) is 0 Å². The molecule has 0 saturated heterocycles. The van der Waals surface area contributed by atoms with Crippen LogP contribution in [0.4, 0.5) is 8.78 Å². The molecule has 0 N–H and O–H groups in total. The molecule has 0 atom stereocenters. The molecule has 0 aliphatic carbocycles. The quantitative estimate of drug-likeness (QED) is 0.174. The molecule has 9 rings (SSSR count). The minimum Gasteiger partial charge on any atom is -0.435 e. The monoisotopic (exact) mass is 668 g/mol. The van der Waals surface area contributed by atoms with E-state index in [2.05, 4.69) is 20.2 Å². The maximum absolute atomic E-state index is 13.6. The van der Waals surface area contributed by atoms with Crippen molar-refractivity contribution in [3.05, 3.63) is 96.6 Å². The Morgan fingerprint density at radius 3 is 1.16 bits per heavy atom. The van der Waals surface area contributed by atoms with Crippen molar-refractivity contribution in [2.45, 2.75) is 0 Å². The fourth-order valence-corrected chi connectivity index (χ4v) is 8.68. The molecule has 0 radical (unpaired) electrons. The summed E-state index contributed by atoms with van der Waals surface area (Å²) in [6, 6.07) is 24.5. The molecular formula is C32H14F2N4O3S4. The summed E-state index contributed by atoms with van der Waals surface area (Å²) in [4.78, 5) is 16.5. The molecule has 0 aliphatic rings. The van der Waals surface area contributed by atoms with Gasteiger partial charge in [0.1, 0.15) is 22.7 Å². The first-order valence-electron chi connectivity index (χ1n) is 13.4. The molecule has 0 fully saturated rings. The van der Waals surface area contributed by atoms with Crippen LogP contribution in [0.2, 0.25) is 0 Å². The van der Waals surface area contributed by atoms with Gasteiger partial charge < -0.3 is 13.3 Å². The van der Waals surface area contributed by atoms with Crippen molar-refractivity contribution in [3.8, 4) is 62.6 Å². The summed E-state index contributed by atoms with van der Waals surface area (Å²) in [6.07, 6.45) is 0. The maximum Gasteiger partial charge on any atom is 0.258 e. The lowest BCUT2D eigenvalue weighted by atomic mass is 10.3. The standard InChI is InChI=1S/C32H14F2N4O3S4/c33-15-1-3-19-17(13-15)35-29(39-19)25-9-5-21(42-25)23-7-11-27(44-23)31-37-38-32(41-31)28-12-8-24(45-28)22-6-10-26(43-22)30-36-18-14-16(34)2-4-20(18)40-30/h1-14H. The SMILES string of the molecule is Fc1ccc2oc(-c3ccc(-c4ccc(-c5nnc(-c6ccc(-c7ccc(-c8nc9cc(F)ccc9o8)s7)s6)o5)s4)s3)nc2c1. The van der Waals surface area contributed by atoms with E-state index < -0.39 is 0 Å². The summed E-state index contributed by atoms with van der Waals surface area (Å²) in [6.45, 7) is 0. The molecule has 0 bridgehead atoms. The lowest BCUT2D eigenvalue weighted by Gasteiger charge is -1.91. The van der Waals surface area contributed by atoms with Gasteiger partial charge in [-0.05, 0) is 72.8 Å². The fraction of sp³-hybridized carbons (Fsp3) is 0. The van der Waals surface area contributed by atoms with Crippen LogP contribution in [0.15, 0.2) is 98.2 Å². The van der Waals surface area contributed by atoms with Crippen LogP contribution < -0.4 is 0 Å². The van der Waals surface area contributed by atoms with Crippen molar-refractivity contribution in [1.82, 2.24) is 20.2 Å². The summed E-state index contributed by atoms with van der Waals surface area (Å²) in [7, 11) is 0. The van der Waals surface area contributed by atoms with Gasteiger partial charge in [0.05, 0.1) is 19.5 Å². The van der Waals surface area contributed by atoms with Gasteiger partial charge in [-0.2, -0.15) is 0 Å². The van der Waals surface area contributed by atoms with Crippen molar-refractivity contribution in [2.24, 2.45) is 0 Å². The van der Waals surface area contributed by atoms with Gasteiger partial charge in [-0.1, -0.05) is 0 Å². The Balaban J connectivity index is 0.932. The first-order chi connectivity index (χ1) is 22.0. The summed E-state index contributed by atoms with van der Waals surface area (Å²) in [5.41, 5.74) is 2.07. The second-order valence-corrected chi connectivity index (χ2v) is 14.2. The van der Waals surface area contributed by atoms with Crippen molar-refractivity contribution in [2.75, 3.05) is 0 Å². The van der Waals surface area contributed by atoms with Gasteiger partial charge in [0, 0.05) is 31.6 Å². The smallest absolute Gasteiger partial charge is 0.258 e. The first kappa shape index (κ1) is 26.6. The molecule has 0 amide bonds. The molecule has 0 saturated carbocycles. The Morgan fingerprint density at radius 2 is 0.756 bits per heavy atom. The van der Waals surface area contributed by atoms with Crippen molar-refractivity contribution >= 4 is 67.5 Å². The largest absolute Gasteiger partial charge is 0.435 e. The summed E-state index contributed by atoms with van der Waals surface area (Å²) in [5, 5.41) is 8.62. The Bertz CT molecular complexity index is 2340. The first-order valence-corrected chi connectivity index (χ1v) is 16.7. The molecule has 45 heavy (non-hydrogen) atoms. The van der Waals surface area contributed by atoms with Crippen molar-refractivity contribution in [1.29, 1.82) is 0 Å². The van der Waals surface area contributed by atoms with E-state index >= 15 is 0 Å². The van der Waals surface area contributed by atoms with Crippen LogP contribution in [0.5, 0.6) is 0 Å². The summed E-state index contributed by atoms with van der Waals surface area (Å²) in [5.74, 6) is 1.11. The van der Waals surface area contributed by atoms with Gasteiger partial charge >= 0.3 is 0 Å². The van der Waals surface area contributed by atoms with Crippen molar-refractivity contribution in [3.63, 3.8) is 0 Å². The van der Waals surface area contributed by atoms with Crippen LogP contribution in [0, 0.1) is 11.6 Å². The minimum atomic E-state index is -0.349. The molecule has 0 aliphatic heterocycles. The van der Waals surface area contributed by atoms with Gasteiger partial charge in [0.2, 0.25) is 11.8 Å². The van der Waals surface area contributed by atoms with Crippen LogP contribution >= 0.6 is 45.3 Å². The molecule has 13 heteroatoms. The third-order valence-electron chi connectivity index (χ3n) is 6.88. The zero-order valence-electron chi connectivity index (χ0n) is 22.5. The zero-order chi connectivity index (χ0) is 30.1. The third kappa shape index (κ3) is 4.80.